The van der Waals surface area contributed by atoms with Gasteiger partial charge >= 0.3 is 0 Å². The number of aliphatic hydroxyl groups is 1. The lowest BCUT2D eigenvalue weighted by Gasteiger charge is -2.18. The number of nitrogens with one attached hydrogen (secondary N) is 1. The van der Waals surface area contributed by atoms with Crippen molar-refractivity contribution in [3.8, 4) is 17.6 Å². The van der Waals surface area contributed by atoms with Gasteiger partial charge in [-0.05, 0) is 42.3 Å². The van der Waals surface area contributed by atoms with Crippen LogP contribution in [-0.2, 0) is 0 Å². The fourth-order valence-corrected chi connectivity index (χ4v) is 2.34. The van der Waals surface area contributed by atoms with Crippen molar-refractivity contribution in [2.45, 2.75) is 19.1 Å². The van der Waals surface area contributed by atoms with Crippen LogP contribution in [-0.4, -0.2) is 25.4 Å². The van der Waals surface area contributed by atoms with Gasteiger partial charge in [-0.15, -0.1) is 0 Å². The van der Waals surface area contributed by atoms with Gasteiger partial charge in [-0.1, -0.05) is 24.3 Å². The van der Waals surface area contributed by atoms with Gasteiger partial charge in [0, 0.05) is 12.6 Å². The van der Waals surface area contributed by atoms with Crippen LogP contribution in [0.3, 0.4) is 0 Å². The molecule has 0 saturated heterocycles. The average Bonchev–Trinajstić information content (AvgIpc) is 2.64. The van der Waals surface area contributed by atoms with Gasteiger partial charge in [-0.2, -0.15) is 5.26 Å². The van der Waals surface area contributed by atoms with Crippen molar-refractivity contribution in [3.05, 3.63) is 59.7 Å². The number of hydrogen-bond acceptors (Lipinski definition) is 5. The number of hydrogen-bond donors (Lipinski definition) is 2. The SMILES string of the molecule is COc1cccc(C(O)CNC(C)c2ccc(OCC#N)cc2)c1. The molecule has 0 fully saturated rings. The van der Waals surface area contributed by atoms with E-state index in [-0.39, 0.29) is 12.6 Å². The summed E-state index contributed by atoms with van der Waals surface area (Å²) >= 11 is 0. The first kappa shape index (κ1) is 17.8. The molecule has 0 bridgehead atoms. The van der Waals surface area contributed by atoms with Gasteiger partial charge in [0.15, 0.2) is 6.61 Å². The molecule has 0 aliphatic rings. The predicted octanol–water partition coefficient (Wildman–Crippen LogP) is 2.98. The lowest BCUT2D eigenvalue weighted by atomic mass is 10.1. The van der Waals surface area contributed by atoms with Gasteiger partial charge in [0.05, 0.1) is 13.2 Å². The zero-order valence-electron chi connectivity index (χ0n) is 13.9. The first-order chi connectivity index (χ1) is 11.6. The summed E-state index contributed by atoms with van der Waals surface area (Å²) in [6, 6.07) is 17.0. The first-order valence-electron chi connectivity index (χ1n) is 7.79. The largest absolute Gasteiger partial charge is 0.497 e. The average molecular weight is 326 g/mol. The number of nitrogens with zero attached hydrogens (tertiary/aromatic N) is 1. The summed E-state index contributed by atoms with van der Waals surface area (Å²) in [5, 5.41) is 22.1. The van der Waals surface area contributed by atoms with E-state index < -0.39 is 6.10 Å². The van der Waals surface area contributed by atoms with Crippen LogP contribution in [0, 0.1) is 11.3 Å². The van der Waals surface area contributed by atoms with Crippen molar-refractivity contribution in [2.24, 2.45) is 0 Å². The number of aliphatic hydroxyl groups excluding tert-OH is 1. The minimum Gasteiger partial charge on any atom is -0.497 e. The van der Waals surface area contributed by atoms with Gasteiger partial charge in [0.1, 0.15) is 17.6 Å². The van der Waals surface area contributed by atoms with E-state index in [1.165, 1.54) is 0 Å². The van der Waals surface area contributed by atoms with Crippen LogP contribution in [0.5, 0.6) is 11.5 Å². The third-order valence-electron chi connectivity index (χ3n) is 3.78. The molecule has 0 spiro atoms. The predicted molar refractivity (Wildman–Crippen MR) is 91.9 cm³/mol. The van der Waals surface area contributed by atoms with E-state index in [1.54, 1.807) is 7.11 Å². The van der Waals surface area contributed by atoms with Crippen LogP contribution in [0.4, 0.5) is 0 Å². The molecule has 24 heavy (non-hydrogen) atoms. The van der Waals surface area contributed by atoms with Gasteiger partial charge in [0.2, 0.25) is 0 Å². The van der Waals surface area contributed by atoms with Gasteiger partial charge in [-0.3, -0.25) is 0 Å². The molecule has 2 aromatic carbocycles. The molecule has 2 aromatic rings. The van der Waals surface area contributed by atoms with E-state index in [2.05, 4.69) is 5.32 Å². The first-order valence-corrected chi connectivity index (χ1v) is 7.79. The van der Waals surface area contributed by atoms with E-state index in [4.69, 9.17) is 14.7 Å². The Morgan fingerprint density at radius 1 is 1.12 bits per heavy atom. The molecular formula is C19H22N2O3. The van der Waals surface area contributed by atoms with Gasteiger partial charge in [0.25, 0.3) is 0 Å². The third-order valence-corrected chi connectivity index (χ3v) is 3.78. The fraction of sp³-hybridized carbons (Fsp3) is 0.316. The fourth-order valence-electron chi connectivity index (χ4n) is 2.34. The second-order valence-corrected chi connectivity index (χ2v) is 5.44. The lowest BCUT2D eigenvalue weighted by molar-refractivity contribution is 0.170. The normalized spacial score (nSPS) is 12.9. The minimum absolute atomic E-state index is 0.0415. The van der Waals surface area contributed by atoms with Gasteiger partial charge < -0.3 is 19.9 Å². The summed E-state index contributed by atoms with van der Waals surface area (Å²) < 4.78 is 10.4. The molecule has 5 heteroatoms. The van der Waals surface area contributed by atoms with E-state index in [0.29, 0.717) is 12.3 Å². The zero-order chi connectivity index (χ0) is 17.4. The van der Waals surface area contributed by atoms with Crippen molar-refractivity contribution in [3.63, 3.8) is 0 Å². The second-order valence-electron chi connectivity index (χ2n) is 5.44. The van der Waals surface area contributed by atoms with E-state index in [9.17, 15) is 5.11 Å². The van der Waals surface area contributed by atoms with Crippen LogP contribution >= 0.6 is 0 Å². The highest BCUT2D eigenvalue weighted by atomic mass is 16.5. The Morgan fingerprint density at radius 3 is 2.54 bits per heavy atom. The lowest BCUT2D eigenvalue weighted by Crippen LogP contribution is -2.24. The summed E-state index contributed by atoms with van der Waals surface area (Å²) in [6.45, 7) is 2.50. The topological polar surface area (TPSA) is 74.5 Å². The van der Waals surface area contributed by atoms with Crippen LogP contribution in [0.1, 0.15) is 30.2 Å². The van der Waals surface area contributed by atoms with Crippen LogP contribution in [0.15, 0.2) is 48.5 Å². The molecule has 2 unspecified atom stereocenters. The van der Waals surface area contributed by atoms with Crippen molar-refractivity contribution < 1.29 is 14.6 Å². The van der Waals surface area contributed by atoms with Crippen molar-refractivity contribution in [1.82, 2.24) is 5.32 Å². The highest BCUT2D eigenvalue weighted by Crippen LogP contribution is 2.21. The molecule has 5 nitrogen and oxygen atoms in total. The second kappa shape index (κ2) is 8.92. The molecule has 0 aliphatic carbocycles. The maximum atomic E-state index is 10.3. The van der Waals surface area contributed by atoms with Crippen molar-refractivity contribution in [2.75, 3.05) is 20.3 Å². The van der Waals surface area contributed by atoms with Crippen molar-refractivity contribution in [1.29, 1.82) is 5.26 Å². The molecular weight excluding hydrogens is 304 g/mol. The number of nitriles is 1. The quantitative estimate of drug-likeness (QED) is 0.780. The van der Waals surface area contributed by atoms with Crippen molar-refractivity contribution >= 4 is 0 Å². The Bertz CT molecular complexity index is 680. The zero-order valence-corrected chi connectivity index (χ0v) is 13.9. The van der Waals surface area contributed by atoms with Crippen LogP contribution < -0.4 is 14.8 Å². The number of methoxy groups -OCH3 is 1. The summed E-state index contributed by atoms with van der Waals surface area (Å²) in [7, 11) is 1.61. The summed E-state index contributed by atoms with van der Waals surface area (Å²) in [4.78, 5) is 0. The number of ether oxygens (including phenoxy) is 2. The maximum absolute atomic E-state index is 10.3. The van der Waals surface area contributed by atoms with Crippen LogP contribution in [0.25, 0.3) is 0 Å². The Balaban J connectivity index is 1.89. The smallest absolute Gasteiger partial charge is 0.174 e. The molecule has 126 valence electrons. The van der Waals surface area contributed by atoms with Crippen LogP contribution in [0.2, 0.25) is 0 Å². The molecule has 2 atom stereocenters. The molecule has 0 heterocycles. The summed E-state index contributed by atoms with van der Waals surface area (Å²) in [6.07, 6.45) is -0.610. The summed E-state index contributed by atoms with van der Waals surface area (Å²) in [5.41, 5.74) is 1.89. The number of benzene rings is 2. The van der Waals surface area contributed by atoms with E-state index in [0.717, 1.165) is 16.9 Å². The molecule has 0 amide bonds. The Morgan fingerprint density at radius 2 is 1.88 bits per heavy atom. The molecule has 0 saturated carbocycles. The maximum Gasteiger partial charge on any atom is 0.174 e. The van der Waals surface area contributed by atoms with E-state index >= 15 is 0 Å². The molecule has 0 aliphatic heterocycles. The summed E-state index contributed by atoms with van der Waals surface area (Å²) in [5.74, 6) is 1.40. The molecule has 2 N–H and O–H groups in total. The molecule has 2 rings (SSSR count). The Labute approximate surface area is 142 Å². The van der Waals surface area contributed by atoms with Gasteiger partial charge in [-0.25, -0.2) is 0 Å². The minimum atomic E-state index is -0.610. The molecule has 0 radical (unpaired) electrons. The third kappa shape index (κ3) is 4.98. The van der Waals surface area contributed by atoms with E-state index in [1.807, 2.05) is 61.5 Å². The highest BCUT2D eigenvalue weighted by molar-refractivity contribution is 5.31. The number of rotatable bonds is 8. The Kier molecular flexibility index (Phi) is 6.62. The monoisotopic (exact) mass is 326 g/mol. The highest BCUT2D eigenvalue weighted by Gasteiger charge is 2.11. The standard InChI is InChI=1S/C19H22N2O3/c1-14(15-6-8-17(9-7-15)24-11-10-20)21-13-19(22)16-4-3-5-18(12-16)23-2/h3-9,12,14,19,21-22H,11,13H2,1-2H3. The Hall–Kier alpha value is -2.55. The molecule has 0 aromatic heterocycles.